The number of carbonyl (C=O) groups is 1. The van der Waals surface area contributed by atoms with E-state index in [1.54, 1.807) is 6.33 Å². The third-order valence-electron chi connectivity index (χ3n) is 7.56. The molecule has 2 unspecified atom stereocenters. The van der Waals surface area contributed by atoms with Gasteiger partial charge in [0.25, 0.3) is 5.91 Å². The van der Waals surface area contributed by atoms with Crippen molar-refractivity contribution in [1.29, 1.82) is 0 Å². The van der Waals surface area contributed by atoms with E-state index in [4.69, 9.17) is 4.52 Å². The van der Waals surface area contributed by atoms with Crippen molar-refractivity contribution in [2.45, 2.75) is 38.1 Å². The van der Waals surface area contributed by atoms with Crippen LogP contribution in [0.4, 0.5) is 0 Å². The zero-order valence-corrected chi connectivity index (χ0v) is 17.5. The van der Waals surface area contributed by atoms with Crippen molar-refractivity contribution in [3.63, 3.8) is 0 Å². The van der Waals surface area contributed by atoms with Gasteiger partial charge in [-0.3, -0.25) is 4.79 Å². The molecule has 1 aliphatic carbocycles. The third kappa shape index (κ3) is 2.65. The molecule has 7 heteroatoms. The van der Waals surface area contributed by atoms with Crippen molar-refractivity contribution < 1.29 is 9.32 Å². The van der Waals surface area contributed by atoms with Crippen LogP contribution in [0, 0.1) is 5.92 Å². The number of imidazole rings is 1. The van der Waals surface area contributed by atoms with Gasteiger partial charge in [0.2, 0.25) is 12.2 Å². The van der Waals surface area contributed by atoms with Gasteiger partial charge < -0.3 is 14.4 Å². The second-order valence-electron chi connectivity index (χ2n) is 8.99. The molecule has 2 aromatic heterocycles. The molecule has 1 aliphatic heterocycles. The summed E-state index contributed by atoms with van der Waals surface area (Å²) >= 11 is 0. The maximum Gasteiger partial charge on any atom is 0.254 e. The first-order valence-electron chi connectivity index (χ1n) is 10.7. The first-order valence-corrected chi connectivity index (χ1v) is 10.7. The summed E-state index contributed by atoms with van der Waals surface area (Å²) < 4.78 is 4.93. The Morgan fingerprint density at radius 3 is 2.97 bits per heavy atom. The van der Waals surface area contributed by atoms with Crippen LogP contribution in [0.2, 0.25) is 0 Å². The number of hydrogen-bond acceptors (Lipinski definition) is 5. The third-order valence-corrected chi connectivity index (χ3v) is 7.56. The first-order chi connectivity index (χ1) is 15.0. The Bertz CT molecular complexity index is 1290. The van der Waals surface area contributed by atoms with Gasteiger partial charge in [0.15, 0.2) is 0 Å². The molecule has 1 saturated heterocycles. The van der Waals surface area contributed by atoms with Crippen LogP contribution in [0.15, 0.2) is 53.6 Å². The van der Waals surface area contributed by atoms with E-state index < -0.39 is 0 Å². The molecule has 3 atom stereocenters. The molecule has 6 rings (SSSR count). The van der Waals surface area contributed by atoms with E-state index in [1.165, 1.54) is 17.5 Å². The molecule has 31 heavy (non-hydrogen) atoms. The van der Waals surface area contributed by atoms with Gasteiger partial charge in [-0.25, -0.2) is 4.98 Å². The SMILES string of the molecule is CC1C2Cc3ccc(-c4ncon4)cc3[C@]1(C)CCN2C(=O)c1ccc2nc[nH]c2c1. The Hall–Kier alpha value is -3.48. The number of amides is 1. The van der Waals surface area contributed by atoms with Crippen LogP contribution in [0.1, 0.15) is 41.8 Å². The van der Waals surface area contributed by atoms with Crippen molar-refractivity contribution in [3.05, 3.63) is 65.8 Å². The van der Waals surface area contributed by atoms with E-state index in [1.807, 2.05) is 18.2 Å². The lowest BCUT2D eigenvalue weighted by atomic mass is 9.58. The quantitative estimate of drug-likeness (QED) is 0.537. The molecule has 2 aliphatic rings. The maximum absolute atomic E-state index is 13.5. The van der Waals surface area contributed by atoms with Crippen LogP contribution in [0.5, 0.6) is 0 Å². The highest BCUT2D eigenvalue weighted by Crippen LogP contribution is 2.49. The highest BCUT2D eigenvalue weighted by molar-refractivity contribution is 5.97. The second kappa shape index (κ2) is 6.51. The number of nitrogens with zero attached hydrogens (tertiary/aromatic N) is 4. The fourth-order valence-electron chi connectivity index (χ4n) is 5.54. The Balaban J connectivity index is 1.36. The molecule has 1 fully saturated rings. The number of rotatable bonds is 2. The van der Waals surface area contributed by atoms with E-state index in [0.717, 1.165) is 36.0 Å². The summed E-state index contributed by atoms with van der Waals surface area (Å²) in [5, 5.41) is 4.00. The number of piperidine rings is 1. The predicted molar refractivity (Wildman–Crippen MR) is 115 cm³/mol. The van der Waals surface area contributed by atoms with Crippen LogP contribution < -0.4 is 0 Å². The Labute approximate surface area is 179 Å². The van der Waals surface area contributed by atoms with E-state index in [-0.39, 0.29) is 17.4 Å². The minimum Gasteiger partial charge on any atom is -0.345 e. The molecular formula is C24H23N5O2. The van der Waals surface area contributed by atoms with Crippen LogP contribution in [0.3, 0.4) is 0 Å². The number of H-pyrrole nitrogens is 1. The van der Waals surface area contributed by atoms with E-state index in [9.17, 15) is 4.79 Å². The number of benzene rings is 2. The lowest BCUT2D eigenvalue weighted by Gasteiger charge is -2.54. The molecule has 0 saturated carbocycles. The highest BCUT2D eigenvalue weighted by atomic mass is 16.5. The zero-order valence-electron chi connectivity index (χ0n) is 17.5. The summed E-state index contributed by atoms with van der Waals surface area (Å²) in [4.78, 5) is 27.2. The Morgan fingerprint density at radius 2 is 2.13 bits per heavy atom. The molecule has 3 heterocycles. The minimum absolute atomic E-state index is 0.00209. The Morgan fingerprint density at radius 1 is 1.23 bits per heavy atom. The van der Waals surface area contributed by atoms with Crippen LogP contribution >= 0.6 is 0 Å². The lowest BCUT2D eigenvalue weighted by molar-refractivity contribution is 0.0251. The van der Waals surface area contributed by atoms with Gasteiger partial charge >= 0.3 is 0 Å². The topological polar surface area (TPSA) is 87.9 Å². The molecule has 4 aromatic rings. The largest absolute Gasteiger partial charge is 0.345 e. The maximum atomic E-state index is 13.5. The molecule has 2 bridgehead atoms. The summed E-state index contributed by atoms with van der Waals surface area (Å²) in [6.07, 6.45) is 4.80. The van der Waals surface area contributed by atoms with Crippen molar-refractivity contribution in [1.82, 2.24) is 25.0 Å². The van der Waals surface area contributed by atoms with E-state index in [0.29, 0.717) is 17.3 Å². The van der Waals surface area contributed by atoms with Gasteiger partial charge in [0.05, 0.1) is 17.4 Å². The molecule has 1 amide bonds. The number of carbonyl (C=O) groups excluding carboxylic acids is 1. The zero-order chi connectivity index (χ0) is 21.2. The van der Waals surface area contributed by atoms with Crippen molar-refractivity contribution in [2.75, 3.05) is 6.54 Å². The fourth-order valence-corrected chi connectivity index (χ4v) is 5.54. The van der Waals surface area contributed by atoms with E-state index >= 15 is 0 Å². The van der Waals surface area contributed by atoms with Gasteiger partial charge in [-0.1, -0.05) is 31.1 Å². The van der Waals surface area contributed by atoms with Crippen LogP contribution in [-0.4, -0.2) is 43.5 Å². The number of nitrogens with one attached hydrogen (secondary N) is 1. The number of fused-ring (bicyclic) bond motifs is 5. The summed E-state index contributed by atoms with van der Waals surface area (Å²) in [6.45, 7) is 5.37. The summed E-state index contributed by atoms with van der Waals surface area (Å²) in [5.41, 5.74) is 6.12. The van der Waals surface area contributed by atoms with Gasteiger partial charge in [-0.05, 0) is 59.6 Å². The summed E-state index contributed by atoms with van der Waals surface area (Å²) in [5.74, 6) is 1.05. The molecule has 0 spiro atoms. The monoisotopic (exact) mass is 413 g/mol. The highest BCUT2D eigenvalue weighted by Gasteiger charge is 2.49. The van der Waals surface area contributed by atoms with Crippen molar-refractivity contribution in [2.24, 2.45) is 5.92 Å². The van der Waals surface area contributed by atoms with E-state index in [2.05, 4.69) is 57.1 Å². The summed E-state index contributed by atoms with van der Waals surface area (Å²) in [6, 6.07) is 12.3. The standard InChI is InChI=1S/C24H23N5O2/c1-14-21-11-15-3-4-16(22-27-13-31-28-22)9-18(15)24(14,2)7-8-29(21)23(30)17-5-6-19-20(10-17)26-12-25-19/h3-6,9-10,12-14,21H,7-8,11H2,1-2H3,(H,25,26)/t14?,21?,24-/m1/s1. The first kappa shape index (κ1) is 18.3. The fraction of sp³-hybridized carbons (Fsp3) is 0.333. The van der Waals surface area contributed by atoms with Crippen molar-refractivity contribution in [3.8, 4) is 11.4 Å². The molecule has 7 nitrogen and oxygen atoms in total. The van der Waals surface area contributed by atoms with Crippen molar-refractivity contribution >= 4 is 16.9 Å². The van der Waals surface area contributed by atoms with Gasteiger partial charge in [0, 0.05) is 23.7 Å². The average molecular weight is 413 g/mol. The van der Waals surface area contributed by atoms with Gasteiger partial charge in [-0.2, -0.15) is 4.98 Å². The average Bonchev–Trinajstić information content (AvgIpc) is 3.47. The van der Waals surface area contributed by atoms with Crippen LogP contribution in [-0.2, 0) is 11.8 Å². The molecule has 0 radical (unpaired) electrons. The summed E-state index contributed by atoms with van der Waals surface area (Å²) in [7, 11) is 0. The smallest absolute Gasteiger partial charge is 0.254 e. The van der Waals surface area contributed by atoms with Crippen LogP contribution in [0.25, 0.3) is 22.4 Å². The number of aromatic amines is 1. The molecule has 156 valence electrons. The molecule has 1 N–H and O–H groups in total. The Kier molecular flexibility index (Phi) is 3.84. The number of hydrogen-bond donors (Lipinski definition) is 1. The normalized spacial score (nSPS) is 24.9. The minimum atomic E-state index is 0.00209. The van der Waals surface area contributed by atoms with Gasteiger partial charge in [-0.15, -0.1) is 0 Å². The molecular weight excluding hydrogens is 390 g/mol. The molecule has 2 aromatic carbocycles. The van der Waals surface area contributed by atoms with Gasteiger partial charge in [0.1, 0.15) is 0 Å². The number of aromatic nitrogens is 4. The lowest BCUT2D eigenvalue weighted by Crippen LogP contribution is -2.59. The second-order valence-corrected chi connectivity index (χ2v) is 8.99. The predicted octanol–water partition coefficient (Wildman–Crippen LogP) is 3.98. The number of likely N-dealkylation sites (tertiary alicyclic amines) is 1.